The number of aromatic nitrogens is 3. The van der Waals surface area contributed by atoms with Crippen LogP contribution in [-0.4, -0.2) is 76.7 Å². The number of nitrogens with one attached hydrogen (secondary N) is 2. The van der Waals surface area contributed by atoms with E-state index in [9.17, 15) is 9.59 Å². The van der Waals surface area contributed by atoms with E-state index in [2.05, 4.69) is 41.5 Å². The van der Waals surface area contributed by atoms with Gasteiger partial charge in [-0.25, -0.2) is 14.4 Å². The van der Waals surface area contributed by atoms with Gasteiger partial charge in [-0.05, 0) is 109 Å². The van der Waals surface area contributed by atoms with E-state index < -0.39 is 11.2 Å². The first-order valence-corrected chi connectivity index (χ1v) is 17.9. The Morgan fingerprint density at radius 2 is 1.84 bits per heavy atom. The van der Waals surface area contributed by atoms with Crippen molar-refractivity contribution >= 4 is 40.0 Å². The van der Waals surface area contributed by atoms with E-state index in [1.54, 1.807) is 20.4 Å². The largest absolute Gasteiger partial charge is 0.383 e. The molecule has 50 heavy (non-hydrogen) atoms. The molecule has 11 heteroatoms. The Bertz CT molecular complexity index is 1940. The standard InChI is InChI=1S/C39H48FN7O3/c1-23(2)46-22-42-33-21-31(43-36(35(33)46)44-32-20-28(24(3)16-30(32)40)37(48)41-12-15-50-6)25-10-11-29-34(17-25)47(38(49)39(29,4)5)27-18-26(19-27)45-13-8-7-9-14-45/h10-11,16-17,20-23,26-27H,7-9,12-15,18-19H2,1-6H3,(H,41,48)(H,43,44)/t26-,27+. The van der Waals surface area contributed by atoms with Crippen LogP contribution in [0.2, 0.25) is 0 Å². The molecule has 1 saturated carbocycles. The number of halogens is 1. The average Bonchev–Trinajstić information content (AvgIpc) is 3.59. The summed E-state index contributed by atoms with van der Waals surface area (Å²) in [4.78, 5) is 41.4. The molecule has 2 fully saturated rings. The topological polar surface area (TPSA) is 105 Å². The van der Waals surface area contributed by atoms with Crippen molar-refractivity contribution in [3.05, 3.63) is 65.2 Å². The van der Waals surface area contributed by atoms with Crippen LogP contribution in [0.1, 0.15) is 87.3 Å². The molecule has 0 atom stereocenters. The molecule has 4 aromatic rings. The van der Waals surface area contributed by atoms with Crippen molar-refractivity contribution in [3.8, 4) is 11.3 Å². The summed E-state index contributed by atoms with van der Waals surface area (Å²) < 4.78 is 22.6. The van der Waals surface area contributed by atoms with E-state index in [0.717, 1.165) is 48.3 Å². The lowest BCUT2D eigenvalue weighted by molar-refractivity contribution is -0.123. The van der Waals surface area contributed by atoms with Crippen LogP contribution in [0.15, 0.2) is 42.7 Å². The predicted molar refractivity (Wildman–Crippen MR) is 195 cm³/mol. The third-order valence-corrected chi connectivity index (χ3v) is 10.9. The Kier molecular flexibility index (Phi) is 9.15. The van der Waals surface area contributed by atoms with Gasteiger partial charge in [0.25, 0.3) is 5.91 Å². The minimum absolute atomic E-state index is 0.0659. The minimum Gasteiger partial charge on any atom is -0.383 e. The van der Waals surface area contributed by atoms with Crippen molar-refractivity contribution in [3.63, 3.8) is 0 Å². The number of piperidine rings is 1. The SMILES string of the molecule is COCCNC(=O)c1cc(Nc2nc(-c3ccc4c(c3)N([C@H]3C[C@@H](N5CCCCC5)C3)C(=O)C4(C)C)cc3ncn(C(C)C)c23)c(F)cc1C. The number of ether oxygens (including phenoxy) is 1. The predicted octanol–water partition coefficient (Wildman–Crippen LogP) is 6.89. The lowest BCUT2D eigenvalue weighted by Crippen LogP contribution is -2.57. The van der Waals surface area contributed by atoms with Crippen LogP contribution in [-0.2, 0) is 14.9 Å². The van der Waals surface area contributed by atoms with Crippen molar-refractivity contribution in [1.29, 1.82) is 0 Å². The quantitative estimate of drug-likeness (QED) is 0.176. The van der Waals surface area contributed by atoms with Gasteiger partial charge in [0.1, 0.15) is 11.3 Å². The molecule has 1 saturated heterocycles. The maximum absolute atomic E-state index is 15.6. The highest BCUT2D eigenvalue weighted by Gasteiger charge is 2.50. The molecule has 2 aromatic carbocycles. The number of benzene rings is 2. The first-order chi connectivity index (χ1) is 24.0. The van der Waals surface area contributed by atoms with Crippen LogP contribution in [0.3, 0.4) is 0 Å². The summed E-state index contributed by atoms with van der Waals surface area (Å²) in [6.07, 6.45) is 7.58. The summed E-state index contributed by atoms with van der Waals surface area (Å²) in [5.41, 5.74) is 5.29. The second-order valence-corrected chi connectivity index (χ2v) is 14.9. The van der Waals surface area contributed by atoms with E-state index in [4.69, 9.17) is 14.7 Å². The molecule has 2 amide bonds. The Morgan fingerprint density at radius 3 is 2.56 bits per heavy atom. The molecule has 2 N–H and O–H groups in total. The normalized spacial score (nSPS) is 20.3. The number of amides is 2. The van der Waals surface area contributed by atoms with Gasteiger partial charge < -0.3 is 29.7 Å². The molecule has 10 nitrogen and oxygen atoms in total. The fourth-order valence-corrected chi connectivity index (χ4v) is 7.85. The molecular formula is C39H48FN7O3. The highest BCUT2D eigenvalue weighted by atomic mass is 19.1. The summed E-state index contributed by atoms with van der Waals surface area (Å²) in [5.74, 6) is -0.237. The van der Waals surface area contributed by atoms with Crippen molar-refractivity contribution < 1.29 is 18.7 Å². The molecule has 1 aliphatic carbocycles. The van der Waals surface area contributed by atoms with Crippen LogP contribution in [0, 0.1) is 12.7 Å². The molecule has 0 spiro atoms. The Hall–Kier alpha value is -4.35. The zero-order chi connectivity index (χ0) is 35.3. The fraction of sp³-hybridized carbons (Fsp3) is 0.487. The highest BCUT2D eigenvalue weighted by Crippen LogP contribution is 2.48. The van der Waals surface area contributed by atoms with E-state index in [-0.39, 0.29) is 29.6 Å². The van der Waals surface area contributed by atoms with Crippen LogP contribution >= 0.6 is 0 Å². The number of rotatable bonds is 10. The van der Waals surface area contributed by atoms with Gasteiger partial charge in [-0.1, -0.05) is 18.6 Å². The number of anilines is 3. The number of nitrogens with zero attached hydrogens (tertiary/aromatic N) is 5. The molecule has 2 aliphatic heterocycles. The number of hydrogen-bond acceptors (Lipinski definition) is 7. The van der Waals surface area contributed by atoms with Crippen LogP contribution in [0.4, 0.5) is 21.6 Å². The van der Waals surface area contributed by atoms with Gasteiger partial charge in [-0.15, -0.1) is 0 Å². The highest BCUT2D eigenvalue weighted by molar-refractivity contribution is 6.09. The smallest absolute Gasteiger partial charge is 0.251 e. The molecule has 264 valence electrons. The van der Waals surface area contributed by atoms with Gasteiger partial charge in [0, 0.05) is 48.6 Å². The van der Waals surface area contributed by atoms with Crippen LogP contribution < -0.4 is 15.5 Å². The maximum Gasteiger partial charge on any atom is 0.251 e. The number of hydrogen-bond donors (Lipinski definition) is 2. The van der Waals surface area contributed by atoms with Crippen molar-refractivity contribution in [2.24, 2.45) is 0 Å². The molecule has 7 rings (SSSR count). The third-order valence-electron chi connectivity index (χ3n) is 10.9. The number of fused-ring (bicyclic) bond motifs is 2. The van der Waals surface area contributed by atoms with Crippen molar-refractivity contribution in [2.45, 2.75) is 90.3 Å². The molecular weight excluding hydrogens is 633 g/mol. The zero-order valence-corrected chi connectivity index (χ0v) is 30.0. The zero-order valence-electron chi connectivity index (χ0n) is 30.0. The fourth-order valence-electron chi connectivity index (χ4n) is 7.85. The Balaban J connectivity index is 1.25. The Morgan fingerprint density at radius 1 is 1.08 bits per heavy atom. The third kappa shape index (κ3) is 6.04. The van der Waals surface area contributed by atoms with Crippen LogP contribution in [0.5, 0.6) is 0 Å². The average molecular weight is 682 g/mol. The number of aryl methyl sites for hydroxylation is 1. The second kappa shape index (κ2) is 13.4. The first-order valence-electron chi connectivity index (χ1n) is 17.9. The van der Waals surface area contributed by atoms with Gasteiger partial charge in [-0.3, -0.25) is 9.59 Å². The number of likely N-dealkylation sites (tertiary alicyclic amines) is 1. The number of imidazole rings is 1. The van der Waals surface area contributed by atoms with Crippen LogP contribution in [0.25, 0.3) is 22.3 Å². The number of pyridine rings is 1. The monoisotopic (exact) mass is 681 g/mol. The summed E-state index contributed by atoms with van der Waals surface area (Å²) in [7, 11) is 1.57. The maximum atomic E-state index is 15.6. The molecule has 4 heterocycles. The number of methoxy groups -OCH3 is 1. The summed E-state index contributed by atoms with van der Waals surface area (Å²) in [6, 6.07) is 11.8. The van der Waals surface area contributed by atoms with Crippen molar-refractivity contribution in [1.82, 2.24) is 24.8 Å². The summed E-state index contributed by atoms with van der Waals surface area (Å²) >= 11 is 0. The first kappa shape index (κ1) is 34.1. The van der Waals surface area contributed by atoms with E-state index >= 15 is 4.39 Å². The number of carbonyl (C=O) groups is 2. The molecule has 0 bridgehead atoms. The van der Waals surface area contributed by atoms with Gasteiger partial charge in [0.05, 0.1) is 35.2 Å². The van der Waals surface area contributed by atoms with Gasteiger partial charge in [-0.2, -0.15) is 0 Å². The summed E-state index contributed by atoms with van der Waals surface area (Å²) in [6.45, 7) is 12.9. The van der Waals surface area contributed by atoms with Gasteiger partial charge in [0.15, 0.2) is 5.82 Å². The van der Waals surface area contributed by atoms with Crippen molar-refractivity contribution in [2.75, 3.05) is 43.6 Å². The summed E-state index contributed by atoms with van der Waals surface area (Å²) in [5, 5.41) is 6.05. The minimum atomic E-state index is -0.624. The molecule has 0 radical (unpaired) electrons. The van der Waals surface area contributed by atoms with E-state index in [0.29, 0.717) is 47.3 Å². The molecule has 2 aromatic heterocycles. The second-order valence-electron chi connectivity index (χ2n) is 14.9. The lowest BCUT2D eigenvalue weighted by Gasteiger charge is -2.48. The lowest BCUT2D eigenvalue weighted by atomic mass is 9.82. The van der Waals surface area contributed by atoms with Gasteiger partial charge >= 0.3 is 0 Å². The van der Waals surface area contributed by atoms with E-state index in [1.165, 1.54) is 31.4 Å². The van der Waals surface area contributed by atoms with E-state index in [1.807, 2.05) is 35.4 Å². The Labute approximate surface area is 293 Å². The number of carbonyl (C=O) groups excluding carboxylic acids is 2. The van der Waals surface area contributed by atoms with Gasteiger partial charge in [0.2, 0.25) is 5.91 Å². The molecule has 0 unspecified atom stereocenters. The molecule has 3 aliphatic rings.